The first-order chi connectivity index (χ1) is 10.8. The summed E-state index contributed by atoms with van der Waals surface area (Å²) in [6.45, 7) is 0.106. The van der Waals surface area contributed by atoms with Gasteiger partial charge in [-0.15, -0.1) is 13.2 Å². The van der Waals surface area contributed by atoms with E-state index in [9.17, 15) is 13.2 Å². The molecule has 2 aromatic carbocycles. The van der Waals surface area contributed by atoms with Gasteiger partial charge in [0.2, 0.25) is 0 Å². The fraction of sp³-hybridized carbons (Fsp3) is 0.133. The predicted octanol–water partition coefficient (Wildman–Crippen LogP) is 4.83. The summed E-state index contributed by atoms with van der Waals surface area (Å²) >= 11 is 8.45. The molecule has 0 fully saturated rings. The monoisotopic (exact) mass is 404 g/mol. The van der Waals surface area contributed by atoms with E-state index in [1.807, 2.05) is 24.3 Å². The van der Waals surface area contributed by atoms with Crippen LogP contribution in [-0.4, -0.2) is 11.5 Å². The summed E-state index contributed by atoms with van der Waals surface area (Å²) in [4.78, 5) is 0. The molecule has 0 amide bonds. The molecule has 2 aromatic rings. The van der Waals surface area contributed by atoms with E-state index in [0.717, 1.165) is 10.2 Å². The van der Waals surface area contributed by atoms with Crippen molar-refractivity contribution in [1.82, 2.24) is 5.32 Å². The Kier molecular flexibility index (Phi) is 5.84. The Morgan fingerprint density at radius 2 is 1.74 bits per heavy atom. The van der Waals surface area contributed by atoms with Crippen molar-refractivity contribution < 1.29 is 17.9 Å². The van der Waals surface area contributed by atoms with Crippen LogP contribution in [-0.2, 0) is 6.54 Å². The van der Waals surface area contributed by atoms with Crippen molar-refractivity contribution in [3.05, 3.63) is 58.6 Å². The van der Waals surface area contributed by atoms with Gasteiger partial charge < -0.3 is 15.4 Å². The standard InChI is InChI=1S/C15H12BrF3N2OS/c16-11-5-7-12(8-6-11)21-14(23)20-9-10-3-1-2-4-13(10)22-15(17,18)19/h1-8H,9H2,(H2,20,21,23). The molecule has 0 saturated carbocycles. The normalized spacial score (nSPS) is 11.0. The summed E-state index contributed by atoms with van der Waals surface area (Å²) in [5.41, 5.74) is 1.12. The molecule has 8 heteroatoms. The van der Waals surface area contributed by atoms with Crippen molar-refractivity contribution in [3.63, 3.8) is 0 Å². The van der Waals surface area contributed by atoms with Crippen molar-refractivity contribution in [2.75, 3.05) is 5.32 Å². The number of ether oxygens (including phenoxy) is 1. The molecule has 0 bridgehead atoms. The van der Waals surface area contributed by atoms with Gasteiger partial charge in [-0.05, 0) is 42.5 Å². The number of benzene rings is 2. The summed E-state index contributed by atoms with van der Waals surface area (Å²) in [5, 5.41) is 6.09. The predicted molar refractivity (Wildman–Crippen MR) is 90.3 cm³/mol. The highest BCUT2D eigenvalue weighted by atomic mass is 79.9. The quantitative estimate of drug-likeness (QED) is 0.714. The summed E-state index contributed by atoms with van der Waals surface area (Å²) in [6, 6.07) is 13.2. The third kappa shape index (κ3) is 6.07. The van der Waals surface area contributed by atoms with Gasteiger partial charge in [0.25, 0.3) is 0 Å². The van der Waals surface area contributed by atoms with Gasteiger partial charge in [0.15, 0.2) is 5.11 Å². The minimum absolute atomic E-state index is 0.106. The number of halogens is 4. The first kappa shape index (κ1) is 17.6. The zero-order valence-electron chi connectivity index (χ0n) is 11.7. The number of rotatable bonds is 4. The average Bonchev–Trinajstić information content (AvgIpc) is 2.47. The highest BCUT2D eigenvalue weighted by Gasteiger charge is 2.31. The number of thiocarbonyl (C=S) groups is 1. The lowest BCUT2D eigenvalue weighted by Gasteiger charge is -2.15. The van der Waals surface area contributed by atoms with E-state index in [1.54, 1.807) is 6.07 Å². The van der Waals surface area contributed by atoms with Gasteiger partial charge in [-0.3, -0.25) is 0 Å². The van der Waals surface area contributed by atoms with E-state index in [1.165, 1.54) is 18.2 Å². The Bertz CT molecular complexity index is 677. The summed E-state index contributed by atoms with van der Waals surface area (Å²) in [5.74, 6) is -0.251. The average molecular weight is 405 g/mol. The summed E-state index contributed by atoms with van der Waals surface area (Å²) in [7, 11) is 0. The van der Waals surface area contributed by atoms with Gasteiger partial charge in [0, 0.05) is 22.3 Å². The molecule has 0 aromatic heterocycles. The fourth-order valence-corrected chi connectivity index (χ4v) is 2.21. The number of nitrogens with one attached hydrogen (secondary N) is 2. The summed E-state index contributed by atoms with van der Waals surface area (Å²) in [6.07, 6.45) is -4.73. The number of alkyl halides is 3. The number of anilines is 1. The number of hydrogen-bond donors (Lipinski definition) is 2. The van der Waals surface area contributed by atoms with E-state index < -0.39 is 6.36 Å². The molecular weight excluding hydrogens is 393 g/mol. The summed E-state index contributed by atoms with van der Waals surface area (Å²) < 4.78 is 42.0. The second-order valence-corrected chi connectivity index (χ2v) is 5.79. The molecule has 0 radical (unpaired) electrons. The van der Waals surface area contributed by atoms with Crippen molar-refractivity contribution in [2.45, 2.75) is 12.9 Å². The molecular formula is C15H12BrF3N2OS. The van der Waals surface area contributed by atoms with Crippen LogP contribution in [0.15, 0.2) is 53.0 Å². The van der Waals surface area contributed by atoms with Crippen LogP contribution in [0.3, 0.4) is 0 Å². The van der Waals surface area contributed by atoms with Crippen LogP contribution in [0.4, 0.5) is 18.9 Å². The Morgan fingerprint density at radius 3 is 2.39 bits per heavy atom. The highest BCUT2D eigenvalue weighted by Crippen LogP contribution is 2.26. The van der Waals surface area contributed by atoms with E-state index in [4.69, 9.17) is 12.2 Å². The molecule has 0 unspecified atom stereocenters. The topological polar surface area (TPSA) is 33.3 Å². The molecule has 2 N–H and O–H groups in total. The minimum Gasteiger partial charge on any atom is -0.405 e. The zero-order valence-corrected chi connectivity index (χ0v) is 14.1. The molecule has 0 heterocycles. The van der Waals surface area contributed by atoms with E-state index in [0.29, 0.717) is 10.7 Å². The molecule has 0 aliphatic heterocycles. The number of hydrogen-bond acceptors (Lipinski definition) is 2. The van der Waals surface area contributed by atoms with Crippen molar-refractivity contribution in [2.24, 2.45) is 0 Å². The van der Waals surface area contributed by atoms with Gasteiger partial charge in [-0.25, -0.2) is 0 Å². The van der Waals surface area contributed by atoms with Crippen LogP contribution in [0.5, 0.6) is 5.75 Å². The Morgan fingerprint density at radius 1 is 1.09 bits per heavy atom. The maximum atomic E-state index is 12.4. The van der Waals surface area contributed by atoms with E-state index in [2.05, 4.69) is 31.3 Å². The second kappa shape index (κ2) is 7.65. The lowest BCUT2D eigenvalue weighted by molar-refractivity contribution is -0.274. The molecule has 122 valence electrons. The first-order valence-corrected chi connectivity index (χ1v) is 7.68. The molecule has 0 saturated heterocycles. The van der Waals surface area contributed by atoms with Gasteiger partial charge in [-0.1, -0.05) is 34.1 Å². The molecule has 0 aliphatic rings. The highest BCUT2D eigenvalue weighted by molar-refractivity contribution is 9.10. The third-order valence-corrected chi connectivity index (χ3v) is 3.51. The van der Waals surface area contributed by atoms with Crippen LogP contribution >= 0.6 is 28.1 Å². The van der Waals surface area contributed by atoms with Crippen LogP contribution in [0.25, 0.3) is 0 Å². The van der Waals surface area contributed by atoms with Crippen LogP contribution in [0.1, 0.15) is 5.56 Å². The maximum Gasteiger partial charge on any atom is 0.573 e. The maximum absolute atomic E-state index is 12.4. The van der Waals surface area contributed by atoms with Gasteiger partial charge in [0.05, 0.1) is 0 Å². The lowest BCUT2D eigenvalue weighted by atomic mass is 10.2. The van der Waals surface area contributed by atoms with E-state index in [-0.39, 0.29) is 12.3 Å². The van der Waals surface area contributed by atoms with Crippen LogP contribution in [0, 0.1) is 0 Å². The van der Waals surface area contributed by atoms with Gasteiger partial charge in [-0.2, -0.15) is 0 Å². The van der Waals surface area contributed by atoms with Crippen molar-refractivity contribution >= 4 is 38.9 Å². The number of para-hydroxylation sites is 1. The molecule has 23 heavy (non-hydrogen) atoms. The van der Waals surface area contributed by atoms with Crippen molar-refractivity contribution in [3.8, 4) is 5.75 Å². The minimum atomic E-state index is -4.73. The third-order valence-electron chi connectivity index (χ3n) is 2.74. The Balaban J connectivity index is 1.95. The second-order valence-electron chi connectivity index (χ2n) is 4.47. The molecule has 0 aliphatic carbocycles. The van der Waals surface area contributed by atoms with Crippen molar-refractivity contribution in [1.29, 1.82) is 0 Å². The molecule has 0 spiro atoms. The zero-order chi connectivity index (χ0) is 16.9. The fourth-order valence-electron chi connectivity index (χ4n) is 1.76. The Labute approximate surface area is 145 Å². The molecule has 3 nitrogen and oxygen atoms in total. The molecule has 2 rings (SSSR count). The van der Waals surface area contributed by atoms with Crippen LogP contribution < -0.4 is 15.4 Å². The van der Waals surface area contributed by atoms with Gasteiger partial charge >= 0.3 is 6.36 Å². The smallest absolute Gasteiger partial charge is 0.405 e. The van der Waals surface area contributed by atoms with Crippen LogP contribution in [0.2, 0.25) is 0 Å². The van der Waals surface area contributed by atoms with E-state index >= 15 is 0 Å². The lowest BCUT2D eigenvalue weighted by Crippen LogP contribution is -2.28. The SMILES string of the molecule is FC(F)(F)Oc1ccccc1CNC(=S)Nc1ccc(Br)cc1. The molecule has 0 atom stereocenters. The first-order valence-electron chi connectivity index (χ1n) is 6.47. The Hall–Kier alpha value is -1.80. The largest absolute Gasteiger partial charge is 0.573 e. The van der Waals surface area contributed by atoms with Gasteiger partial charge in [0.1, 0.15) is 5.75 Å².